The first-order valence-corrected chi connectivity index (χ1v) is 26.1. The van der Waals surface area contributed by atoms with Gasteiger partial charge in [0.05, 0.1) is 31.7 Å². The van der Waals surface area contributed by atoms with Crippen LogP contribution in [0, 0.1) is 11.8 Å². The Hall–Kier alpha value is -5.96. The van der Waals surface area contributed by atoms with Crippen molar-refractivity contribution in [2.75, 3.05) is 26.6 Å². The zero-order chi connectivity index (χ0) is 50.5. The summed E-state index contributed by atoms with van der Waals surface area (Å²) < 4.78 is 61.2. The molecule has 4 heterocycles. The molecule has 10 atom stereocenters. The van der Waals surface area contributed by atoms with Crippen LogP contribution in [0.25, 0.3) is 0 Å². The SMILES string of the molecule is CN(C)C(=O)[C@H]1[C@@H](O)[C@@]2(O)c3ncc(Cl)cc3O[C@@]2(c2ccc(S(C)(=O)=O)cc2)[C@@H]1c1ccccc1.CS(=O)(=O)c1ccc([C@@]23Oc4cc(Cl)cnc4[C@]2(O)[C@H](O)[C@H](C(=O)O)[C@H]3c2ccccc2)cc1. The van der Waals surface area contributed by atoms with Crippen LogP contribution in [0.4, 0.5) is 0 Å². The van der Waals surface area contributed by atoms with Crippen molar-refractivity contribution in [3.05, 3.63) is 177 Å². The fourth-order valence-electron chi connectivity index (χ4n) is 11.0. The van der Waals surface area contributed by atoms with Gasteiger partial charge in [-0.1, -0.05) is 108 Å². The van der Waals surface area contributed by atoms with Crippen LogP contribution < -0.4 is 9.47 Å². The maximum Gasteiger partial charge on any atom is 0.310 e. The monoisotopic (exact) mass is 1030 g/mol. The zero-order valence-corrected chi connectivity index (χ0v) is 40.7. The number of aliphatic carboxylic acids is 1. The number of hydrogen-bond donors (Lipinski definition) is 5. The van der Waals surface area contributed by atoms with Gasteiger partial charge in [0.25, 0.3) is 0 Å². The van der Waals surface area contributed by atoms with E-state index >= 15 is 0 Å². The molecule has 2 saturated carbocycles. The average molecular weight is 1030 g/mol. The van der Waals surface area contributed by atoms with Crippen molar-refractivity contribution in [1.82, 2.24) is 14.9 Å². The Kier molecular flexibility index (Phi) is 12.0. The first kappa shape index (κ1) is 49.0. The first-order valence-electron chi connectivity index (χ1n) is 21.6. The molecule has 0 spiro atoms. The predicted molar refractivity (Wildman–Crippen MR) is 254 cm³/mol. The number of carboxylic acids is 1. The summed E-state index contributed by atoms with van der Waals surface area (Å²) in [4.78, 5) is 36.0. The number of ether oxygens (including phenoxy) is 2. The number of amides is 1. The van der Waals surface area contributed by atoms with Gasteiger partial charge in [-0.2, -0.15) is 0 Å². The molecule has 0 bridgehead atoms. The Bertz CT molecular complexity index is 3280. The van der Waals surface area contributed by atoms with Crippen LogP contribution in [0.2, 0.25) is 10.0 Å². The lowest BCUT2D eigenvalue weighted by Crippen LogP contribution is -2.52. The van der Waals surface area contributed by atoms with Crippen molar-refractivity contribution >= 4 is 54.8 Å². The number of hydrogen-bond acceptors (Lipinski definition) is 14. The number of carbonyl (C=O) groups excluding carboxylic acids is 1. The number of aliphatic hydroxyl groups excluding tert-OH is 2. The van der Waals surface area contributed by atoms with Gasteiger partial charge in [0.2, 0.25) is 5.91 Å². The highest BCUT2D eigenvalue weighted by Gasteiger charge is 2.79. The van der Waals surface area contributed by atoms with E-state index in [4.69, 9.17) is 32.7 Å². The third-order valence-electron chi connectivity index (χ3n) is 13.9. The normalized spacial score (nSPS) is 29.3. The fourth-order valence-corrected chi connectivity index (χ4v) is 12.6. The molecule has 364 valence electrons. The van der Waals surface area contributed by atoms with Gasteiger partial charge in [0, 0.05) is 63.0 Å². The Balaban J connectivity index is 0.000000174. The number of aromatic nitrogens is 2. The van der Waals surface area contributed by atoms with E-state index in [1.807, 2.05) is 6.07 Å². The molecule has 2 aliphatic heterocycles. The Labute approximate surface area is 412 Å². The van der Waals surface area contributed by atoms with Crippen LogP contribution in [0.5, 0.6) is 11.5 Å². The van der Waals surface area contributed by atoms with Gasteiger partial charge in [-0.3, -0.25) is 19.6 Å². The molecule has 4 aromatic carbocycles. The van der Waals surface area contributed by atoms with Crippen LogP contribution >= 0.6 is 23.2 Å². The topological polar surface area (TPSA) is 251 Å². The molecule has 0 radical (unpaired) electrons. The smallest absolute Gasteiger partial charge is 0.310 e. The number of benzene rings is 4. The molecule has 2 aromatic heterocycles. The standard InChI is InChI=1S/C26H25ClN2O6S.C24H20ClNO7S/c1-29(2)24(31)20-21(15-7-5-4-6-8-15)26(16-9-11-18(12-10-16)36(3,33)34)25(32,23(20)30)22-19(35-26)13-17(27)14-28-22;1-34(31,32)16-9-7-14(8-10-16)24-19(13-5-3-2-4-6-13)18(22(28)29)21(27)23(24,30)20-17(33-24)11-15(25)12-26-20/h4-14,20-21,23,30,32H,1-3H3;2-12,18-19,21,27,30H,1H3,(H,28,29)/t20-,21-,23-,25+,26+;18-,19-,21-,23+,24+/m11/s1. The number of carbonyl (C=O) groups is 2. The summed E-state index contributed by atoms with van der Waals surface area (Å²) >= 11 is 12.3. The lowest BCUT2D eigenvalue weighted by Gasteiger charge is -2.40. The largest absolute Gasteiger partial charge is 0.481 e. The number of halogens is 2. The maximum atomic E-state index is 13.5. The van der Waals surface area contributed by atoms with E-state index < -0.39 is 89.8 Å². The van der Waals surface area contributed by atoms with E-state index in [0.29, 0.717) is 16.7 Å². The van der Waals surface area contributed by atoms with Gasteiger partial charge < -0.3 is 39.9 Å². The number of carboxylic acid groups (broad SMARTS) is 1. The number of nitrogens with zero attached hydrogens (tertiary/aromatic N) is 3. The predicted octanol–water partition coefficient (Wildman–Crippen LogP) is 4.95. The van der Waals surface area contributed by atoms with Crippen LogP contribution in [0.15, 0.2) is 144 Å². The summed E-state index contributed by atoms with van der Waals surface area (Å²) in [5.74, 6) is -5.95. The van der Waals surface area contributed by atoms with Crippen molar-refractivity contribution in [2.45, 2.75) is 56.2 Å². The van der Waals surface area contributed by atoms with Crippen molar-refractivity contribution in [1.29, 1.82) is 0 Å². The fraction of sp³-hybridized carbons (Fsp3) is 0.280. The number of rotatable bonds is 8. The highest BCUT2D eigenvalue weighted by molar-refractivity contribution is 7.91. The lowest BCUT2D eigenvalue weighted by molar-refractivity contribution is -0.160. The second-order valence-electron chi connectivity index (χ2n) is 18.1. The molecule has 5 N–H and O–H groups in total. The van der Waals surface area contributed by atoms with E-state index in [0.717, 1.165) is 12.5 Å². The summed E-state index contributed by atoms with van der Waals surface area (Å²) in [7, 11) is -3.86. The third-order valence-corrected chi connectivity index (χ3v) is 16.6. The minimum atomic E-state index is -3.52. The molecule has 0 unspecified atom stereocenters. The first-order chi connectivity index (χ1) is 32.9. The quantitative estimate of drug-likeness (QED) is 0.135. The van der Waals surface area contributed by atoms with Crippen LogP contribution in [-0.4, -0.2) is 108 Å². The highest BCUT2D eigenvalue weighted by atomic mass is 35.5. The molecular weight excluding hydrogens is 986 g/mol. The van der Waals surface area contributed by atoms with Crippen molar-refractivity contribution < 1.29 is 61.4 Å². The van der Waals surface area contributed by atoms with Crippen molar-refractivity contribution in [2.24, 2.45) is 11.8 Å². The summed E-state index contributed by atoms with van der Waals surface area (Å²) in [6.07, 6.45) is 1.37. The van der Waals surface area contributed by atoms with Gasteiger partial charge >= 0.3 is 5.97 Å². The zero-order valence-electron chi connectivity index (χ0n) is 37.6. The molecule has 10 rings (SSSR count). The number of pyridine rings is 2. The Morgan fingerprint density at radius 1 is 0.600 bits per heavy atom. The molecule has 16 nitrogen and oxygen atoms in total. The molecule has 6 aromatic rings. The van der Waals surface area contributed by atoms with Crippen molar-refractivity contribution in [3.63, 3.8) is 0 Å². The second-order valence-corrected chi connectivity index (χ2v) is 23.0. The lowest BCUT2D eigenvalue weighted by atomic mass is 9.71. The van der Waals surface area contributed by atoms with Crippen LogP contribution in [0.1, 0.15) is 45.5 Å². The van der Waals surface area contributed by atoms with Crippen molar-refractivity contribution in [3.8, 4) is 11.5 Å². The Morgan fingerprint density at radius 3 is 1.30 bits per heavy atom. The van der Waals surface area contributed by atoms with Gasteiger partial charge in [-0.25, -0.2) is 16.8 Å². The second kappa shape index (κ2) is 17.1. The van der Waals surface area contributed by atoms with Crippen LogP contribution in [0.3, 0.4) is 0 Å². The molecule has 1 amide bonds. The summed E-state index contributed by atoms with van der Waals surface area (Å²) in [6, 6.07) is 32.1. The molecule has 4 aliphatic rings. The minimum Gasteiger partial charge on any atom is -0.481 e. The third kappa shape index (κ3) is 7.13. The van der Waals surface area contributed by atoms with Gasteiger partial charge in [-0.15, -0.1) is 0 Å². The maximum absolute atomic E-state index is 13.5. The average Bonchev–Trinajstić information content (AvgIpc) is 3.89. The summed E-state index contributed by atoms with van der Waals surface area (Å²) in [6.45, 7) is 0. The van der Waals surface area contributed by atoms with E-state index in [2.05, 4.69) is 9.97 Å². The van der Waals surface area contributed by atoms with E-state index in [1.54, 1.807) is 80.8 Å². The Morgan fingerprint density at radius 2 is 0.957 bits per heavy atom. The molecule has 70 heavy (non-hydrogen) atoms. The molecule has 0 saturated heterocycles. The number of fused-ring (bicyclic) bond motifs is 6. The number of aliphatic hydroxyl groups is 4. The highest BCUT2D eigenvalue weighted by Crippen LogP contribution is 2.70. The molecule has 20 heteroatoms. The van der Waals surface area contributed by atoms with Gasteiger partial charge in [-0.05, 0) is 46.5 Å². The molecule has 2 aliphatic carbocycles. The van der Waals surface area contributed by atoms with Gasteiger partial charge in [0.1, 0.15) is 35.1 Å². The molecular formula is C50H45Cl2N3O13S2. The van der Waals surface area contributed by atoms with Gasteiger partial charge in [0.15, 0.2) is 42.1 Å². The van der Waals surface area contributed by atoms with E-state index in [9.17, 15) is 52.0 Å². The molecule has 2 fully saturated rings. The van der Waals surface area contributed by atoms with E-state index in [1.165, 1.54) is 65.8 Å². The number of sulfone groups is 2. The minimum absolute atomic E-state index is 0.0393. The van der Waals surface area contributed by atoms with Crippen LogP contribution in [-0.2, 0) is 51.7 Å². The summed E-state index contributed by atoms with van der Waals surface area (Å²) in [5.41, 5.74) is -6.15. The summed E-state index contributed by atoms with van der Waals surface area (Å²) in [5, 5.41) is 58.4. The van der Waals surface area contributed by atoms with E-state index in [-0.39, 0.29) is 48.3 Å².